The molecule has 10 heavy (non-hydrogen) atoms. The Hall–Kier alpha value is 0.528. The molecule has 1 rings (SSSR count). The third-order valence-corrected chi connectivity index (χ3v) is 1.44. The van der Waals surface area contributed by atoms with Crippen LogP contribution in [-0.4, -0.2) is 32.1 Å². The normalized spacial score (nSPS) is 31.8. The molecule has 1 saturated heterocycles. The standard InChI is InChI=1S/C5H12N2O2.Pt/c6-1-4-5(2-7)9-3-8-4;/h4-5H,1-3,6-7H2;/t4-,5-;/m1./s1. The van der Waals surface area contributed by atoms with Gasteiger partial charge in [-0.15, -0.1) is 0 Å². The first-order chi connectivity index (χ1) is 4.38. The van der Waals surface area contributed by atoms with Crippen molar-refractivity contribution in [2.45, 2.75) is 12.2 Å². The molecule has 0 amide bonds. The Kier molecular flexibility index (Phi) is 5.49. The Labute approximate surface area is 74.5 Å². The SMILES string of the molecule is NC[C@H]1OCO[C@@H]1CN.[Pt]. The summed E-state index contributed by atoms with van der Waals surface area (Å²) in [5.41, 5.74) is 10.7. The zero-order valence-corrected chi connectivity index (χ0v) is 7.84. The van der Waals surface area contributed by atoms with E-state index in [-0.39, 0.29) is 33.3 Å². The van der Waals surface area contributed by atoms with E-state index in [0.29, 0.717) is 19.9 Å². The molecule has 0 aromatic rings. The van der Waals surface area contributed by atoms with E-state index in [0.717, 1.165) is 0 Å². The fourth-order valence-electron chi connectivity index (χ4n) is 0.868. The van der Waals surface area contributed by atoms with Crippen molar-refractivity contribution in [2.24, 2.45) is 11.5 Å². The minimum absolute atomic E-state index is 0. The van der Waals surface area contributed by atoms with Crippen LogP contribution in [0.3, 0.4) is 0 Å². The molecule has 0 aliphatic carbocycles. The summed E-state index contributed by atoms with van der Waals surface area (Å²) in [6.45, 7) is 1.31. The Morgan fingerprint density at radius 3 is 1.80 bits per heavy atom. The number of rotatable bonds is 2. The van der Waals surface area contributed by atoms with Gasteiger partial charge in [0.15, 0.2) is 0 Å². The molecule has 0 saturated carbocycles. The maximum absolute atomic E-state index is 5.34. The fourth-order valence-corrected chi connectivity index (χ4v) is 0.868. The second-order valence-electron chi connectivity index (χ2n) is 2.00. The molecule has 0 unspecified atom stereocenters. The first-order valence-corrected chi connectivity index (χ1v) is 3.02. The summed E-state index contributed by atoms with van der Waals surface area (Å²) >= 11 is 0. The maximum atomic E-state index is 5.34. The van der Waals surface area contributed by atoms with Gasteiger partial charge < -0.3 is 20.9 Å². The summed E-state index contributed by atoms with van der Waals surface area (Å²) in [4.78, 5) is 0. The summed E-state index contributed by atoms with van der Waals surface area (Å²) in [6.07, 6.45) is 0.0185. The van der Waals surface area contributed by atoms with Crippen LogP contribution in [0.15, 0.2) is 0 Å². The summed E-state index contributed by atoms with van der Waals surface area (Å²) in [5, 5.41) is 0. The molecule has 2 atom stereocenters. The van der Waals surface area contributed by atoms with Gasteiger partial charge in [-0.25, -0.2) is 0 Å². The van der Waals surface area contributed by atoms with Gasteiger partial charge in [0.1, 0.15) is 19.0 Å². The third-order valence-electron chi connectivity index (χ3n) is 1.44. The molecule has 64 valence electrons. The van der Waals surface area contributed by atoms with Crippen molar-refractivity contribution in [1.29, 1.82) is 0 Å². The van der Waals surface area contributed by atoms with Crippen LogP contribution in [0.4, 0.5) is 0 Å². The molecule has 1 aliphatic heterocycles. The number of hydrogen-bond donors (Lipinski definition) is 2. The summed E-state index contributed by atoms with van der Waals surface area (Å²) in [5.74, 6) is 0. The molecule has 1 aliphatic rings. The van der Waals surface area contributed by atoms with E-state index in [1.54, 1.807) is 0 Å². The minimum Gasteiger partial charge on any atom is -0.348 e. The van der Waals surface area contributed by atoms with Crippen molar-refractivity contribution >= 4 is 0 Å². The Bertz CT molecular complexity index is 83.7. The zero-order chi connectivity index (χ0) is 6.69. The van der Waals surface area contributed by atoms with Crippen molar-refractivity contribution < 1.29 is 30.5 Å². The van der Waals surface area contributed by atoms with Crippen LogP contribution < -0.4 is 11.5 Å². The van der Waals surface area contributed by atoms with Gasteiger partial charge in [-0.05, 0) is 0 Å². The van der Waals surface area contributed by atoms with Crippen molar-refractivity contribution in [1.82, 2.24) is 0 Å². The predicted molar refractivity (Wildman–Crippen MR) is 32.7 cm³/mol. The molecular formula is C5H12N2O2Pt. The molecule has 4 nitrogen and oxygen atoms in total. The van der Waals surface area contributed by atoms with Crippen LogP contribution >= 0.6 is 0 Å². The van der Waals surface area contributed by atoms with Crippen LogP contribution in [0.2, 0.25) is 0 Å². The maximum Gasteiger partial charge on any atom is 0.147 e. The third kappa shape index (κ3) is 2.29. The molecule has 1 heterocycles. The molecule has 5 heteroatoms. The van der Waals surface area contributed by atoms with E-state index in [2.05, 4.69) is 0 Å². The second kappa shape index (κ2) is 5.21. The van der Waals surface area contributed by atoms with Gasteiger partial charge in [0.2, 0.25) is 0 Å². The molecular weight excluding hydrogens is 315 g/mol. The average molecular weight is 327 g/mol. The van der Waals surface area contributed by atoms with Gasteiger partial charge in [-0.2, -0.15) is 0 Å². The fraction of sp³-hybridized carbons (Fsp3) is 1.00. The number of ether oxygens (including phenoxy) is 2. The Morgan fingerprint density at radius 2 is 1.50 bits per heavy atom. The number of nitrogens with two attached hydrogens (primary N) is 2. The quantitative estimate of drug-likeness (QED) is 0.658. The molecule has 0 radical (unpaired) electrons. The summed E-state index contributed by atoms with van der Waals surface area (Å²) in [7, 11) is 0. The topological polar surface area (TPSA) is 70.5 Å². The predicted octanol–water partition coefficient (Wildman–Crippen LogP) is -1.36. The first kappa shape index (κ1) is 10.5. The number of hydrogen-bond acceptors (Lipinski definition) is 4. The molecule has 0 bridgehead atoms. The summed E-state index contributed by atoms with van der Waals surface area (Å²) in [6, 6.07) is 0. The summed E-state index contributed by atoms with van der Waals surface area (Å²) < 4.78 is 10.2. The van der Waals surface area contributed by atoms with Gasteiger partial charge in [0.25, 0.3) is 0 Å². The van der Waals surface area contributed by atoms with Crippen LogP contribution in [-0.2, 0) is 30.5 Å². The van der Waals surface area contributed by atoms with E-state index >= 15 is 0 Å². The molecule has 0 aromatic heterocycles. The largest absolute Gasteiger partial charge is 0.348 e. The van der Waals surface area contributed by atoms with Crippen molar-refractivity contribution in [3.63, 3.8) is 0 Å². The molecule has 0 spiro atoms. The van der Waals surface area contributed by atoms with Gasteiger partial charge in [-0.3, -0.25) is 0 Å². The average Bonchev–Trinajstić information content (AvgIpc) is 2.33. The van der Waals surface area contributed by atoms with E-state index in [1.807, 2.05) is 0 Å². The van der Waals surface area contributed by atoms with Crippen molar-refractivity contribution in [2.75, 3.05) is 19.9 Å². The van der Waals surface area contributed by atoms with E-state index in [1.165, 1.54) is 0 Å². The smallest absolute Gasteiger partial charge is 0.147 e. The van der Waals surface area contributed by atoms with Gasteiger partial charge >= 0.3 is 0 Å². The van der Waals surface area contributed by atoms with Gasteiger partial charge in [0, 0.05) is 34.2 Å². The van der Waals surface area contributed by atoms with Crippen LogP contribution in [0.1, 0.15) is 0 Å². The molecule has 4 N–H and O–H groups in total. The molecule has 0 aromatic carbocycles. The van der Waals surface area contributed by atoms with Crippen molar-refractivity contribution in [3.05, 3.63) is 0 Å². The molecule has 1 fully saturated rings. The van der Waals surface area contributed by atoms with Crippen LogP contribution in [0, 0.1) is 0 Å². The second-order valence-corrected chi connectivity index (χ2v) is 2.00. The van der Waals surface area contributed by atoms with E-state index < -0.39 is 0 Å². The van der Waals surface area contributed by atoms with Crippen molar-refractivity contribution in [3.8, 4) is 0 Å². The Morgan fingerprint density at radius 1 is 1.10 bits per heavy atom. The van der Waals surface area contributed by atoms with Crippen LogP contribution in [0.25, 0.3) is 0 Å². The van der Waals surface area contributed by atoms with E-state index in [9.17, 15) is 0 Å². The van der Waals surface area contributed by atoms with E-state index in [4.69, 9.17) is 20.9 Å². The minimum atomic E-state index is 0. The Balaban J connectivity index is 0.000000810. The van der Waals surface area contributed by atoms with Crippen LogP contribution in [0.5, 0.6) is 0 Å². The van der Waals surface area contributed by atoms with Gasteiger partial charge in [0.05, 0.1) is 0 Å². The van der Waals surface area contributed by atoms with Gasteiger partial charge in [-0.1, -0.05) is 0 Å². The first-order valence-electron chi connectivity index (χ1n) is 3.02. The monoisotopic (exact) mass is 327 g/mol. The zero-order valence-electron chi connectivity index (χ0n) is 5.56.